The predicted molar refractivity (Wildman–Crippen MR) is 130 cm³/mol. The smallest absolute Gasteiger partial charge is 0.258 e. The number of nitrogens with one attached hydrogen (secondary N) is 1. The molecule has 32 heavy (non-hydrogen) atoms. The third-order valence-electron chi connectivity index (χ3n) is 5.56. The first-order valence-electron chi connectivity index (χ1n) is 10.7. The molecule has 2 heterocycles. The molecule has 2 aromatic carbocycles. The van der Waals surface area contributed by atoms with E-state index in [2.05, 4.69) is 67.3 Å². The van der Waals surface area contributed by atoms with Crippen LogP contribution >= 0.6 is 12.2 Å². The average Bonchev–Trinajstić information content (AvgIpc) is 3.26. The number of aromatic nitrogens is 2. The van der Waals surface area contributed by atoms with Crippen LogP contribution in [0, 0.1) is 12.8 Å². The highest BCUT2D eigenvalue weighted by atomic mass is 32.1. The van der Waals surface area contributed by atoms with Gasteiger partial charge >= 0.3 is 0 Å². The Hall–Kier alpha value is -3.19. The van der Waals surface area contributed by atoms with Gasteiger partial charge in [0.1, 0.15) is 5.75 Å². The van der Waals surface area contributed by atoms with E-state index < -0.39 is 0 Å². The van der Waals surface area contributed by atoms with Crippen LogP contribution in [-0.4, -0.2) is 33.8 Å². The van der Waals surface area contributed by atoms with Crippen LogP contribution in [-0.2, 0) is 0 Å². The molecule has 0 saturated carbocycles. The standard InChI is InChI=1S/C25H28N4O2S/c1-15(2)14-29-17(4)21(22(26-25(29)32)18-8-6-16(3)7-9-18)24-27-23(28-31-24)19-10-12-20(30-5)13-11-19/h6-13,15,22H,14H2,1-5H3,(H,26,32). The molecule has 0 radical (unpaired) electrons. The Morgan fingerprint density at radius 3 is 2.41 bits per heavy atom. The van der Waals surface area contributed by atoms with Crippen molar-refractivity contribution in [2.45, 2.75) is 33.7 Å². The molecule has 4 rings (SSSR count). The van der Waals surface area contributed by atoms with Crippen LogP contribution in [0.25, 0.3) is 17.0 Å². The summed E-state index contributed by atoms with van der Waals surface area (Å²) >= 11 is 5.74. The normalized spacial score (nSPS) is 16.5. The first kappa shape index (κ1) is 22.0. The minimum Gasteiger partial charge on any atom is -0.497 e. The summed E-state index contributed by atoms with van der Waals surface area (Å²) in [7, 11) is 1.64. The van der Waals surface area contributed by atoms with Crippen LogP contribution in [0.15, 0.2) is 58.8 Å². The molecule has 0 aliphatic carbocycles. The van der Waals surface area contributed by atoms with E-state index in [0.29, 0.717) is 22.7 Å². The third kappa shape index (κ3) is 4.39. The molecule has 0 fully saturated rings. The first-order chi connectivity index (χ1) is 15.4. The number of hydrogen-bond donors (Lipinski definition) is 1. The molecule has 0 saturated heterocycles. The van der Waals surface area contributed by atoms with Gasteiger partial charge in [0.2, 0.25) is 5.82 Å². The van der Waals surface area contributed by atoms with Crippen LogP contribution in [0.2, 0.25) is 0 Å². The van der Waals surface area contributed by atoms with E-state index in [1.807, 2.05) is 24.3 Å². The molecule has 1 N–H and O–H groups in total. The van der Waals surface area contributed by atoms with Gasteiger partial charge in [-0.05, 0) is 61.8 Å². The van der Waals surface area contributed by atoms with E-state index in [9.17, 15) is 0 Å². The summed E-state index contributed by atoms with van der Waals surface area (Å²) < 4.78 is 11.0. The second-order valence-electron chi connectivity index (χ2n) is 8.45. The van der Waals surface area contributed by atoms with Gasteiger partial charge in [-0.2, -0.15) is 4.98 Å². The van der Waals surface area contributed by atoms with Gasteiger partial charge in [0, 0.05) is 17.8 Å². The number of allylic oxidation sites excluding steroid dienone is 1. The quantitative estimate of drug-likeness (QED) is 0.509. The van der Waals surface area contributed by atoms with E-state index in [1.165, 1.54) is 5.56 Å². The number of rotatable bonds is 6. The second-order valence-corrected chi connectivity index (χ2v) is 8.84. The van der Waals surface area contributed by atoms with Crippen molar-refractivity contribution in [1.82, 2.24) is 20.4 Å². The Morgan fingerprint density at radius 2 is 1.78 bits per heavy atom. The molecule has 0 bridgehead atoms. The third-order valence-corrected chi connectivity index (χ3v) is 5.90. The molecule has 1 aliphatic heterocycles. The van der Waals surface area contributed by atoms with Crippen molar-refractivity contribution in [2.75, 3.05) is 13.7 Å². The van der Waals surface area contributed by atoms with Gasteiger partial charge in [-0.3, -0.25) is 0 Å². The van der Waals surface area contributed by atoms with Gasteiger partial charge in [0.15, 0.2) is 5.11 Å². The van der Waals surface area contributed by atoms with Crippen molar-refractivity contribution in [3.63, 3.8) is 0 Å². The lowest BCUT2D eigenvalue weighted by Gasteiger charge is -2.38. The SMILES string of the molecule is COc1ccc(-c2noc(C3=C(C)N(CC(C)C)C(=S)NC3c3ccc(C)cc3)n2)cc1. The molecule has 6 nitrogen and oxygen atoms in total. The maximum Gasteiger partial charge on any atom is 0.258 e. The topological polar surface area (TPSA) is 63.4 Å². The summed E-state index contributed by atoms with van der Waals surface area (Å²) in [4.78, 5) is 6.88. The lowest BCUT2D eigenvalue weighted by Crippen LogP contribution is -2.47. The fraction of sp³-hybridized carbons (Fsp3) is 0.320. The Kier molecular flexibility index (Phi) is 6.28. The van der Waals surface area contributed by atoms with Crippen LogP contribution < -0.4 is 10.1 Å². The minimum atomic E-state index is -0.171. The van der Waals surface area contributed by atoms with Crippen LogP contribution in [0.5, 0.6) is 5.75 Å². The zero-order valence-corrected chi connectivity index (χ0v) is 19.9. The molecule has 1 unspecified atom stereocenters. The number of hydrogen-bond acceptors (Lipinski definition) is 5. The van der Waals surface area contributed by atoms with Gasteiger partial charge < -0.3 is 19.5 Å². The van der Waals surface area contributed by atoms with Crippen molar-refractivity contribution in [3.8, 4) is 17.1 Å². The summed E-state index contributed by atoms with van der Waals surface area (Å²) in [5.41, 5.74) is 5.13. The van der Waals surface area contributed by atoms with E-state index in [0.717, 1.165) is 34.7 Å². The van der Waals surface area contributed by atoms with Crippen LogP contribution in [0.3, 0.4) is 0 Å². The Labute approximate surface area is 194 Å². The van der Waals surface area contributed by atoms with E-state index in [1.54, 1.807) is 7.11 Å². The van der Waals surface area contributed by atoms with Crippen molar-refractivity contribution in [1.29, 1.82) is 0 Å². The number of nitrogens with zero attached hydrogens (tertiary/aromatic N) is 3. The molecule has 7 heteroatoms. The Bertz CT molecular complexity index is 1130. The maximum atomic E-state index is 5.79. The van der Waals surface area contributed by atoms with Gasteiger partial charge in [0.05, 0.1) is 18.7 Å². The predicted octanol–water partition coefficient (Wildman–Crippen LogP) is 5.37. The molecular weight excluding hydrogens is 420 g/mol. The van der Waals surface area contributed by atoms with E-state index in [4.69, 9.17) is 26.5 Å². The average molecular weight is 449 g/mol. The number of ether oxygens (including phenoxy) is 1. The summed E-state index contributed by atoms with van der Waals surface area (Å²) in [6.07, 6.45) is 0. The van der Waals surface area contributed by atoms with Gasteiger partial charge in [-0.1, -0.05) is 48.8 Å². The van der Waals surface area contributed by atoms with Crippen LogP contribution in [0.4, 0.5) is 0 Å². The minimum absolute atomic E-state index is 0.171. The molecular formula is C25H28N4O2S. The van der Waals surface area contributed by atoms with Gasteiger partial charge in [-0.25, -0.2) is 0 Å². The fourth-order valence-corrected chi connectivity index (χ4v) is 4.17. The second kappa shape index (κ2) is 9.12. The van der Waals surface area contributed by atoms with Gasteiger partial charge in [-0.15, -0.1) is 0 Å². The summed E-state index contributed by atoms with van der Waals surface area (Å²) in [6.45, 7) is 9.31. The molecule has 1 aliphatic rings. The molecule has 0 amide bonds. The van der Waals surface area contributed by atoms with Gasteiger partial charge in [0.25, 0.3) is 5.89 Å². The largest absolute Gasteiger partial charge is 0.497 e. The first-order valence-corrected chi connectivity index (χ1v) is 11.1. The lowest BCUT2D eigenvalue weighted by molar-refractivity contribution is 0.386. The zero-order valence-electron chi connectivity index (χ0n) is 19.0. The summed E-state index contributed by atoms with van der Waals surface area (Å²) in [6, 6.07) is 15.9. The number of thiocarbonyl (C=S) groups is 1. The van der Waals surface area contributed by atoms with E-state index >= 15 is 0 Å². The lowest BCUT2D eigenvalue weighted by atomic mass is 9.94. The molecule has 0 spiro atoms. The van der Waals surface area contributed by atoms with Crippen LogP contribution in [0.1, 0.15) is 43.8 Å². The highest BCUT2D eigenvalue weighted by Crippen LogP contribution is 2.37. The summed E-state index contributed by atoms with van der Waals surface area (Å²) in [5.74, 6) is 2.25. The van der Waals surface area contributed by atoms with E-state index in [-0.39, 0.29) is 6.04 Å². The van der Waals surface area contributed by atoms with Crippen molar-refractivity contribution < 1.29 is 9.26 Å². The molecule has 1 aromatic heterocycles. The Balaban J connectivity index is 1.78. The van der Waals surface area contributed by atoms with Crippen molar-refractivity contribution in [2.24, 2.45) is 5.92 Å². The fourth-order valence-electron chi connectivity index (χ4n) is 3.84. The highest BCUT2D eigenvalue weighted by Gasteiger charge is 2.34. The number of methoxy groups -OCH3 is 1. The maximum absolute atomic E-state index is 5.79. The zero-order chi connectivity index (χ0) is 22.8. The molecule has 3 aromatic rings. The summed E-state index contributed by atoms with van der Waals surface area (Å²) in [5, 5.41) is 8.47. The molecule has 1 atom stereocenters. The number of benzene rings is 2. The van der Waals surface area contributed by atoms with Crippen molar-refractivity contribution >= 4 is 22.9 Å². The number of aryl methyl sites for hydroxylation is 1. The Morgan fingerprint density at radius 1 is 1.09 bits per heavy atom. The van der Waals surface area contributed by atoms with Crippen molar-refractivity contribution in [3.05, 3.63) is 71.2 Å². The highest BCUT2D eigenvalue weighted by molar-refractivity contribution is 7.80. The molecule has 166 valence electrons. The monoisotopic (exact) mass is 448 g/mol.